The summed E-state index contributed by atoms with van der Waals surface area (Å²) in [6, 6.07) is 11.5. The van der Waals surface area contributed by atoms with E-state index < -0.39 is 0 Å². The van der Waals surface area contributed by atoms with Crippen LogP contribution in [-0.2, 0) is 13.1 Å². The van der Waals surface area contributed by atoms with Gasteiger partial charge in [-0.2, -0.15) is 0 Å². The van der Waals surface area contributed by atoms with E-state index in [1.165, 1.54) is 0 Å². The summed E-state index contributed by atoms with van der Waals surface area (Å²) in [5.74, 6) is 0.775. The fourth-order valence-corrected chi connectivity index (χ4v) is 2.99. The van der Waals surface area contributed by atoms with Gasteiger partial charge in [0.15, 0.2) is 0 Å². The van der Waals surface area contributed by atoms with Gasteiger partial charge in [-0.05, 0) is 24.3 Å². The van der Waals surface area contributed by atoms with Crippen molar-refractivity contribution in [2.75, 3.05) is 13.2 Å². The molecular formula is C17H17N5O. The molecule has 0 fully saturated rings. The van der Waals surface area contributed by atoms with Gasteiger partial charge < -0.3 is 5.73 Å². The highest BCUT2D eigenvalue weighted by atomic mass is 16.1. The van der Waals surface area contributed by atoms with E-state index in [1.54, 1.807) is 10.8 Å². The van der Waals surface area contributed by atoms with Gasteiger partial charge in [0, 0.05) is 31.5 Å². The van der Waals surface area contributed by atoms with Crippen molar-refractivity contribution in [2.45, 2.75) is 13.1 Å². The Bertz CT molecular complexity index is 919. The summed E-state index contributed by atoms with van der Waals surface area (Å²) >= 11 is 0. The van der Waals surface area contributed by atoms with E-state index in [2.05, 4.69) is 9.88 Å². The molecule has 23 heavy (non-hydrogen) atoms. The van der Waals surface area contributed by atoms with Crippen LogP contribution in [0.25, 0.3) is 22.2 Å². The molecule has 116 valence electrons. The summed E-state index contributed by atoms with van der Waals surface area (Å²) in [6.45, 7) is 2.50. The molecule has 0 unspecified atom stereocenters. The molecule has 6 heteroatoms. The fourth-order valence-electron chi connectivity index (χ4n) is 2.99. The van der Waals surface area contributed by atoms with Crippen LogP contribution in [0.15, 0.2) is 47.4 Å². The quantitative estimate of drug-likeness (QED) is 0.769. The average Bonchev–Trinajstić information content (AvgIpc) is 2.61. The van der Waals surface area contributed by atoms with E-state index in [-0.39, 0.29) is 5.56 Å². The van der Waals surface area contributed by atoms with E-state index in [0.717, 1.165) is 23.6 Å². The van der Waals surface area contributed by atoms with Crippen LogP contribution >= 0.6 is 0 Å². The van der Waals surface area contributed by atoms with Crippen LogP contribution in [0.1, 0.15) is 5.82 Å². The molecule has 0 aliphatic carbocycles. The lowest BCUT2D eigenvalue weighted by Gasteiger charge is -2.27. The number of nitrogens with zero attached hydrogens (tertiary/aromatic N) is 4. The van der Waals surface area contributed by atoms with Gasteiger partial charge in [0.25, 0.3) is 5.56 Å². The molecule has 1 aliphatic heterocycles. The molecule has 3 aromatic rings. The van der Waals surface area contributed by atoms with Crippen LogP contribution in [0.5, 0.6) is 0 Å². The number of rotatable bonds is 2. The molecule has 0 bridgehead atoms. The molecule has 0 amide bonds. The first-order valence-electron chi connectivity index (χ1n) is 7.63. The lowest BCUT2D eigenvalue weighted by atomic mass is 10.1. The van der Waals surface area contributed by atoms with E-state index >= 15 is 0 Å². The Morgan fingerprint density at radius 2 is 2.09 bits per heavy atom. The van der Waals surface area contributed by atoms with Crippen LogP contribution < -0.4 is 11.3 Å². The molecule has 0 spiro atoms. The first kappa shape index (κ1) is 14.0. The zero-order chi connectivity index (χ0) is 15.8. The first-order chi connectivity index (χ1) is 11.3. The molecule has 0 saturated heterocycles. The number of hydrogen-bond acceptors (Lipinski definition) is 5. The van der Waals surface area contributed by atoms with Gasteiger partial charge in [0.05, 0.1) is 23.1 Å². The molecule has 0 atom stereocenters. The number of hydrogen-bond donors (Lipinski definition) is 1. The van der Waals surface area contributed by atoms with Crippen molar-refractivity contribution in [1.29, 1.82) is 0 Å². The van der Waals surface area contributed by atoms with Crippen molar-refractivity contribution >= 4 is 10.9 Å². The summed E-state index contributed by atoms with van der Waals surface area (Å²) in [5.41, 5.74) is 8.28. The lowest BCUT2D eigenvalue weighted by molar-refractivity contribution is 0.218. The molecule has 1 aliphatic rings. The van der Waals surface area contributed by atoms with Gasteiger partial charge >= 0.3 is 0 Å². The predicted molar refractivity (Wildman–Crippen MR) is 88.7 cm³/mol. The Kier molecular flexibility index (Phi) is 3.40. The average molecular weight is 307 g/mol. The topological polar surface area (TPSA) is 77.0 Å². The highest BCUT2D eigenvalue weighted by molar-refractivity contribution is 5.83. The third-order valence-electron chi connectivity index (χ3n) is 4.26. The highest BCUT2D eigenvalue weighted by Gasteiger charge is 2.19. The third-order valence-corrected chi connectivity index (χ3v) is 4.26. The highest BCUT2D eigenvalue weighted by Crippen LogP contribution is 2.21. The molecule has 1 aromatic carbocycles. The number of benzene rings is 1. The normalized spacial score (nSPS) is 14.8. The summed E-state index contributed by atoms with van der Waals surface area (Å²) in [6.07, 6.45) is 1.76. The van der Waals surface area contributed by atoms with Crippen molar-refractivity contribution in [3.63, 3.8) is 0 Å². The van der Waals surface area contributed by atoms with E-state index in [9.17, 15) is 4.79 Å². The lowest BCUT2D eigenvalue weighted by Crippen LogP contribution is -2.42. The summed E-state index contributed by atoms with van der Waals surface area (Å²) in [5, 5.41) is 0.648. The van der Waals surface area contributed by atoms with Crippen molar-refractivity contribution in [1.82, 2.24) is 19.4 Å². The largest absolute Gasteiger partial charge is 0.318 e. The Labute approximate surface area is 133 Å². The summed E-state index contributed by atoms with van der Waals surface area (Å²) in [4.78, 5) is 23.8. The molecule has 6 nitrogen and oxygen atoms in total. The monoisotopic (exact) mass is 307 g/mol. The van der Waals surface area contributed by atoms with Crippen LogP contribution in [0.4, 0.5) is 0 Å². The standard InChI is InChI=1S/C17H17N5O/c18-11-21-7-8-22-16(10-21)20-15-9-12(4-5-13(15)17(22)23)14-3-1-2-6-19-14/h1-6,9H,7-8,10-11,18H2. The van der Waals surface area contributed by atoms with Crippen molar-refractivity contribution < 1.29 is 0 Å². The van der Waals surface area contributed by atoms with Gasteiger partial charge in [0.2, 0.25) is 0 Å². The maximum atomic E-state index is 12.7. The van der Waals surface area contributed by atoms with Gasteiger partial charge in [-0.25, -0.2) is 4.98 Å². The Hall–Kier alpha value is -2.57. The fraction of sp³-hybridized carbons (Fsp3) is 0.235. The molecule has 2 aromatic heterocycles. The zero-order valence-electron chi connectivity index (χ0n) is 12.6. The minimum Gasteiger partial charge on any atom is -0.318 e. The van der Waals surface area contributed by atoms with Crippen LogP contribution in [-0.4, -0.2) is 32.6 Å². The van der Waals surface area contributed by atoms with Crippen LogP contribution in [0.3, 0.4) is 0 Å². The van der Waals surface area contributed by atoms with Crippen molar-refractivity contribution in [3.05, 3.63) is 58.8 Å². The maximum Gasteiger partial charge on any atom is 0.261 e. The van der Waals surface area contributed by atoms with Gasteiger partial charge in [-0.3, -0.25) is 19.2 Å². The van der Waals surface area contributed by atoms with E-state index in [0.29, 0.717) is 30.7 Å². The smallest absolute Gasteiger partial charge is 0.261 e. The summed E-state index contributed by atoms with van der Waals surface area (Å²) < 4.78 is 1.76. The number of aromatic nitrogens is 3. The minimum atomic E-state index is 0.0224. The zero-order valence-corrected chi connectivity index (χ0v) is 12.6. The van der Waals surface area contributed by atoms with Gasteiger partial charge in [-0.15, -0.1) is 0 Å². The second kappa shape index (κ2) is 5.57. The molecule has 0 radical (unpaired) electrons. The molecule has 3 heterocycles. The second-order valence-electron chi connectivity index (χ2n) is 5.67. The second-order valence-corrected chi connectivity index (χ2v) is 5.67. The molecule has 2 N–H and O–H groups in total. The maximum absolute atomic E-state index is 12.7. The first-order valence-corrected chi connectivity index (χ1v) is 7.63. The molecule has 4 rings (SSSR count). The molecular weight excluding hydrogens is 290 g/mol. The van der Waals surface area contributed by atoms with Crippen LogP contribution in [0.2, 0.25) is 0 Å². The van der Waals surface area contributed by atoms with E-state index in [4.69, 9.17) is 10.7 Å². The van der Waals surface area contributed by atoms with Gasteiger partial charge in [0.1, 0.15) is 5.82 Å². The molecule has 0 saturated carbocycles. The van der Waals surface area contributed by atoms with Crippen molar-refractivity contribution in [2.24, 2.45) is 5.73 Å². The van der Waals surface area contributed by atoms with E-state index in [1.807, 2.05) is 36.4 Å². The van der Waals surface area contributed by atoms with Crippen molar-refractivity contribution in [3.8, 4) is 11.3 Å². The number of pyridine rings is 1. The SMILES string of the molecule is NCN1CCn2c(nc3cc(-c4ccccn4)ccc3c2=O)C1. The number of nitrogens with two attached hydrogens (primary N) is 1. The number of fused-ring (bicyclic) bond motifs is 2. The third kappa shape index (κ3) is 2.42. The Morgan fingerprint density at radius 1 is 1.17 bits per heavy atom. The minimum absolute atomic E-state index is 0.0224. The predicted octanol–water partition coefficient (Wildman–Crippen LogP) is 1.19. The van der Waals surface area contributed by atoms with Gasteiger partial charge in [-0.1, -0.05) is 12.1 Å². The van der Waals surface area contributed by atoms with Crippen LogP contribution in [0, 0.1) is 0 Å². The Morgan fingerprint density at radius 3 is 2.87 bits per heavy atom. The summed E-state index contributed by atoms with van der Waals surface area (Å²) in [7, 11) is 0. The Balaban J connectivity index is 1.87.